The van der Waals surface area contributed by atoms with E-state index in [0.29, 0.717) is 29.5 Å². The maximum absolute atomic E-state index is 12.2. The summed E-state index contributed by atoms with van der Waals surface area (Å²) in [6.07, 6.45) is 0. The Labute approximate surface area is 166 Å². The van der Waals surface area contributed by atoms with Crippen molar-refractivity contribution in [2.75, 3.05) is 19.0 Å². The SMILES string of the molecule is CCOc1cc(-c2nnn(CC(=O)Nc3ccccc3C(=O)[O-])n2)ccc1OC. The van der Waals surface area contributed by atoms with Crippen LogP contribution >= 0.6 is 0 Å². The van der Waals surface area contributed by atoms with Crippen LogP contribution in [0.15, 0.2) is 42.5 Å². The number of nitrogens with one attached hydrogen (secondary N) is 1. The largest absolute Gasteiger partial charge is 0.545 e. The number of tetrazole rings is 1. The van der Waals surface area contributed by atoms with Crippen molar-refractivity contribution in [3.63, 3.8) is 0 Å². The zero-order valence-corrected chi connectivity index (χ0v) is 15.8. The number of hydrogen-bond donors (Lipinski definition) is 1. The summed E-state index contributed by atoms with van der Waals surface area (Å²) < 4.78 is 10.8. The number of amides is 1. The van der Waals surface area contributed by atoms with E-state index in [0.717, 1.165) is 4.80 Å². The van der Waals surface area contributed by atoms with Crippen molar-refractivity contribution in [3.05, 3.63) is 48.0 Å². The Morgan fingerprint density at radius 1 is 1.17 bits per heavy atom. The number of nitrogens with zero attached hydrogens (tertiary/aromatic N) is 4. The predicted molar refractivity (Wildman–Crippen MR) is 100 cm³/mol. The van der Waals surface area contributed by atoms with Crippen molar-refractivity contribution >= 4 is 17.6 Å². The molecule has 150 valence electrons. The Morgan fingerprint density at radius 3 is 2.69 bits per heavy atom. The van der Waals surface area contributed by atoms with Crippen LogP contribution in [0.3, 0.4) is 0 Å². The third kappa shape index (κ3) is 4.67. The molecule has 3 aromatic rings. The van der Waals surface area contributed by atoms with E-state index in [2.05, 4.69) is 20.7 Å². The second kappa shape index (κ2) is 8.83. The fraction of sp³-hybridized carbons (Fsp3) is 0.211. The molecule has 0 unspecified atom stereocenters. The van der Waals surface area contributed by atoms with Gasteiger partial charge in [0.15, 0.2) is 11.5 Å². The number of carboxylic acid groups (broad SMARTS) is 1. The molecule has 0 spiro atoms. The smallest absolute Gasteiger partial charge is 0.248 e. The standard InChI is InChI=1S/C19H19N5O5/c1-3-29-16-10-12(8-9-15(16)28-2)18-21-23-24(22-18)11-17(25)20-14-7-5-4-6-13(14)19(26)27/h4-10H,3,11H2,1-2H3,(H,20,25)(H,26,27)/p-1. The van der Waals surface area contributed by atoms with E-state index in [-0.39, 0.29) is 17.8 Å². The first-order valence-electron chi connectivity index (χ1n) is 8.71. The topological polar surface area (TPSA) is 131 Å². The first kappa shape index (κ1) is 19.8. The summed E-state index contributed by atoms with van der Waals surface area (Å²) in [5, 5.41) is 25.6. The van der Waals surface area contributed by atoms with Gasteiger partial charge in [0.25, 0.3) is 0 Å². The van der Waals surface area contributed by atoms with E-state index in [1.54, 1.807) is 31.4 Å². The number of hydrogen-bond acceptors (Lipinski definition) is 8. The van der Waals surface area contributed by atoms with Crippen molar-refractivity contribution < 1.29 is 24.2 Å². The van der Waals surface area contributed by atoms with Gasteiger partial charge in [-0.2, -0.15) is 4.80 Å². The number of aromatic nitrogens is 4. The molecule has 1 heterocycles. The molecular formula is C19H18N5O5-. The normalized spacial score (nSPS) is 10.4. The predicted octanol–water partition coefficient (Wildman–Crippen LogP) is 0.750. The van der Waals surface area contributed by atoms with Gasteiger partial charge in [-0.15, -0.1) is 10.2 Å². The maximum Gasteiger partial charge on any atom is 0.248 e. The third-order valence-electron chi connectivity index (χ3n) is 3.88. The van der Waals surface area contributed by atoms with Gasteiger partial charge in [0, 0.05) is 16.8 Å². The number of carboxylic acids is 1. The molecule has 29 heavy (non-hydrogen) atoms. The van der Waals surface area contributed by atoms with Crippen molar-refractivity contribution in [2.45, 2.75) is 13.5 Å². The molecule has 0 saturated carbocycles. The van der Waals surface area contributed by atoms with Gasteiger partial charge < -0.3 is 24.7 Å². The Bertz CT molecular complexity index is 1030. The Morgan fingerprint density at radius 2 is 1.97 bits per heavy atom. The highest BCUT2D eigenvalue weighted by atomic mass is 16.5. The van der Waals surface area contributed by atoms with Gasteiger partial charge >= 0.3 is 0 Å². The van der Waals surface area contributed by atoms with Crippen molar-refractivity contribution in [1.29, 1.82) is 0 Å². The van der Waals surface area contributed by atoms with Crippen molar-refractivity contribution in [2.24, 2.45) is 0 Å². The molecule has 0 saturated heterocycles. The second-order valence-electron chi connectivity index (χ2n) is 5.82. The van der Waals surface area contributed by atoms with Gasteiger partial charge in [0.1, 0.15) is 6.54 Å². The van der Waals surface area contributed by atoms with Gasteiger partial charge in [0.2, 0.25) is 11.7 Å². The Kier molecular flexibility index (Phi) is 6.03. The number of anilines is 1. The average molecular weight is 396 g/mol. The zero-order chi connectivity index (χ0) is 20.8. The number of aromatic carboxylic acids is 1. The van der Waals surface area contributed by atoms with Crippen LogP contribution in [0.25, 0.3) is 11.4 Å². The molecule has 0 atom stereocenters. The molecule has 0 fully saturated rings. The summed E-state index contributed by atoms with van der Waals surface area (Å²) in [5.41, 5.74) is 0.660. The van der Waals surface area contributed by atoms with Gasteiger partial charge in [-0.05, 0) is 36.4 Å². The number of rotatable bonds is 8. The maximum atomic E-state index is 12.2. The minimum Gasteiger partial charge on any atom is -0.545 e. The van der Waals surface area contributed by atoms with Crippen LogP contribution in [0.1, 0.15) is 17.3 Å². The molecule has 2 aromatic carbocycles. The van der Waals surface area contributed by atoms with Crippen LogP contribution in [0.5, 0.6) is 11.5 Å². The highest BCUT2D eigenvalue weighted by molar-refractivity contribution is 5.99. The van der Waals surface area contributed by atoms with Crippen LogP contribution in [-0.2, 0) is 11.3 Å². The lowest BCUT2D eigenvalue weighted by Gasteiger charge is -2.11. The lowest BCUT2D eigenvalue weighted by Crippen LogP contribution is -2.26. The van der Waals surface area contributed by atoms with Crippen LogP contribution < -0.4 is 19.9 Å². The molecule has 10 nitrogen and oxygen atoms in total. The summed E-state index contributed by atoms with van der Waals surface area (Å²) in [5.74, 6) is -0.468. The lowest BCUT2D eigenvalue weighted by molar-refractivity contribution is -0.254. The first-order valence-corrected chi connectivity index (χ1v) is 8.71. The molecule has 0 radical (unpaired) electrons. The molecule has 3 rings (SSSR count). The van der Waals surface area contributed by atoms with Crippen LogP contribution in [0.2, 0.25) is 0 Å². The quantitative estimate of drug-likeness (QED) is 0.590. The van der Waals surface area contributed by atoms with Gasteiger partial charge in [-0.3, -0.25) is 4.79 Å². The summed E-state index contributed by atoms with van der Waals surface area (Å²) >= 11 is 0. The Hall–Kier alpha value is -3.95. The second-order valence-corrected chi connectivity index (χ2v) is 5.82. The van der Waals surface area contributed by atoms with Gasteiger partial charge in [-0.1, -0.05) is 18.2 Å². The average Bonchev–Trinajstić information content (AvgIpc) is 3.16. The highest BCUT2D eigenvalue weighted by Gasteiger charge is 2.13. The van der Waals surface area contributed by atoms with Crippen molar-refractivity contribution in [3.8, 4) is 22.9 Å². The Balaban J connectivity index is 1.73. The number of methoxy groups -OCH3 is 1. The van der Waals surface area contributed by atoms with E-state index in [4.69, 9.17) is 9.47 Å². The highest BCUT2D eigenvalue weighted by Crippen LogP contribution is 2.31. The first-order chi connectivity index (χ1) is 14.0. The minimum atomic E-state index is -1.38. The van der Waals surface area contributed by atoms with Crippen LogP contribution in [0, 0.1) is 0 Å². The van der Waals surface area contributed by atoms with E-state index in [1.165, 1.54) is 18.2 Å². The van der Waals surface area contributed by atoms with Crippen LogP contribution in [0.4, 0.5) is 5.69 Å². The van der Waals surface area contributed by atoms with E-state index >= 15 is 0 Å². The molecule has 1 aromatic heterocycles. The number of benzene rings is 2. The fourth-order valence-electron chi connectivity index (χ4n) is 2.60. The number of carbonyl (C=O) groups is 2. The molecule has 0 aliphatic rings. The van der Waals surface area contributed by atoms with E-state index in [1.807, 2.05) is 6.92 Å². The summed E-state index contributed by atoms with van der Waals surface area (Å²) in [7, 11) is 1.54. The lowest BCUT2D eigenvalue weighted by atomic mass is 10.2. The van der Waals surface area contributed by atoms with Gasteiger partial charge in [0.05, 0.1) is 19.7 Å². The van der Waals surface area contributed by atoms with Gasteiger partial charge in [-0.25, -0.2) is 0 Å². The van der Waals surface area contributed by atoms with E-state index < -0.39 is 11.9 Å². The number of carbonyl (C=O) groups excluding carboxylic acids is 2. The van der Waals surface area contributed by atoms with Crippen molar-refractivity contribution in [1.82, 2.24) is 20.2 Å². The zero-order valence-electron chi connectivity index (χ0n) is 15.8. The summed E-state index contributed by atoms with van der Waals surface area (Å²) in [4.78, 5) is 24.5. The molecule has 10 heteroatoms. The summed E-state index contributed by atoms with van der Waals surface area (Å²) in [6, 6.07) is 11.2. The number of para-hydroxylation sites is 1. The molecule has 0 bridgehead atoms. The number of ether oxygens (including phenoxy) is 2. The summed E-state index contributed by atoms with van der Waals surface area (Å²) in [6.45, 7) is 2.08. The molecule has 0 aliphatic carbocycles. The van der Waals surface area contributed by atoms with E-state index in [9.17, 15) is 14.7 Å². The molecular weight excluding hydrogens is 378 g/mol. The molecule has 1 N–H and O–H groups in total. The molecule has 0 aliphatic heterocycles. The third-order valence-corrected chi connectivity index (χ3v) is 3.88. The minimum absolute atomic E-state index is 0.116. The molecule has 1 amide bonds. The monoisotopic (exact) mass is 396 g/mol. The van der Waals surface area contributed by atoms with Crippen LogP contribution in [-0.4, -0.2) is 45.8 Å². The fourth-order valence-corrected chi connectivity index (χ4v) is 2.60.